The number of anilines is 1. The van der Waals surface area contributed by atoms with Gasteiger partial charge in [0.05, 0.1) is 11.7 Å². The molecule has 0 saturated carbocycles. The molecule has 4 saturated heterocycles. The van der Waals surface area contributed by atoms with E-state index in [1.807, 2.05) is 6.07 Å². The Morgan fingerprint density at radius 3 is 2.76 bits per heavy atom. The Hall–Kier alpha value is -2.67. The summed E-state index contributed by atoms with van der Waals surface area (Å²) >= 11 is 0. The average Bonchev–Trinajstić information content (AvgIpc) is 3.15. The van der Waals surface area contributed by atoms with Crippen molar-refractivity contribution in [2.75, 3.05) is 24.5 Å². The Bertz CT molecular complexity index is 1010. The van der Waals surface area contributed by atoms with Crippen molar-refractivity contribution < 1.29 is 14.4 Å². The van der Waals surface area contributed by atoms with Crippen LogP contribution in [0.2, 0.25) is 0 Å². The third-order valence-corrected chi connectivity index (χ3v) is 8.66. The molecule has 1 aliphatic carbocycles. The minimum absolute atomic E-state index is 0.120. The smallest absolute Gasteiger partial charge is 0.329 e. The number of imide groups is 1. The van der Waals surface area contributed by atoms with Gasteiger partial charge < -0.3 is 10.2 Å². The van der Waals surface area contributed by atoms with E-state index in [0.29, 0.717) is 30.0 Å². The van der Waals surface area contributed by atoms with Crippen LogP contribution >= 0.6 is 0 Å². The lowest BCUT2D eigenvalue weighted by atomic mass is 9.68. The van der Waals surface area contributed by atoms with Gasteiger partial charge in [-0.15, -0.1) is 0 Å². The number of rotatable bonds is 4. The van der Waals surface area contributed by atoms with E-state index in [4.69, 9.17) is 0 Å². The molecule has 4 fully saturated rings. The molecule has 180 valence electrons. The lowest BCUT2D eigenvalue weighted by molar-refractivity contribution is -0.136. The fraction of sp³-hybridized carbons (Fsp3) is 0.593. The van der Waals surface area contributed by atoms with E-state index in [1.165, 1.54) is 42.7 Å². The van der Waals surface area contributed by atoms with Crippen molar-refractivity contribution in [1.29, 1.82) is 0 Å². The molecule has 5 atom stereocenters. The van der Waals surface area contributed by atoms with Gasteiger partial charge in [-0.05, 0) is 69.0 Å². The van der Waals surface area contributed by atoms with Gasteiger partial charge in [-0.25, -0.2) is 9.69 Å². The molecule has 0 radical (unpaired) electrons. The Kier molecular flexibility index (Phi) is 5.68. The van der Waals surface area contributed by atoms with Crippen LogP contribution in [0.25, 0.3) is 0 Å². The average molecular weight is 463 g/mol. The first-order valence-corrected chi connectivity index (χ1v) is 13.0. The summed E-state index contributed by atoms with van der Waals surface area (Å²) < 4.78 is 0. The molecule has 3 unspecified atom stereocenters. The molecule has 2 bridgehead atoms. The predicted molar refractivity (Wildman–Crippen MR) is 129 cm³/mol. The summed E-state index contributed by atoms with van der Waals surface area (Å²) in [5.41, 5.74) is 2.04. The second-order valence-corrected chi connectivity index (χ2v) is 10.6. The molecular weight excluding hydrogens is 428 g/mol. The number of hydrogen-bond acceptors (Lipinski definition) is 4. The van der Waals surface area contributed by atoms with Crippen LogP contribution in [0, 0.1) is 11.8 Å². The molecule has 1 N–H and O–H groups in total. The van der Waals surface area contributed by atoms with Crippen LogP contribution in [0.5, 0.6) is 0 Å². The van der Waals surface area contributed by atoms with Gasteiger partial charge in [-0.3, -0.25) is 14.5 Å². The zero-order valence-corrected chi connectivity index (χ0v) is 19.7. The van der Waals surface area contributed by atoms with Crippen LogP contribution < -0.4 is 10.2 Å². The molecule has 0 aromatic heterocycles. The first-order chi connectivity index (χ1) is 16.6. The van der Waals surface area contributed by atoms with E-state index in [1.54, 1.807) is 24.3 Å². The van der Waals surface area contributed by atoms with Gasteiger partial charge in [0.25, 0.3) is 5.91 Å². The van der Waals surface area contributed by atoms with Gasteiger partial charge in [-0.2, -0.15) is 0 Å². The van der Waals surface area contributed by atoms with Crippen molar-refractivity contribution in [1.82, 2.24) is 15.1 Å². The van der Waals surface area contributed by atoms with E-state index >= 15 is 0 Å². The number of fused-ring (bicyclic) bond motifs is 6. The number of urea groups is 1. The van der Waals surface area contributed by atoms with E-state index in [-0.39, 0.29) is 24.3 Å². The number of likely N-dealkylation sites (tertiary alicyclic amines) is 1. The third-order valence-electron chi connectivity index (χ3n) is 8.66. The van der Waals surface area contributed by atoms with Crippen LogP contribution in [0.3, 0.4) is 0 Å². The summed E-state index contributed by atoms with van der Waals surface area (Å²) in [7, 11) is 0. The molecule has 5 aliphatic rings. The van der Waals surface area contributed by atoms with Crippen molar-refractivity contribution in [3.63, 3.8) is 0 Å². The van der Waals surface area contributed by atoms with E-state index in [9.17, 15) is 14.4 Å². The van der Waals surface area contributed by atoms with Crippen molar-refractivity contribution >= 4 is 23.5 Å². The van der Waals surface area contributed by atoms with Crippen molar-refractivity contribution in [3.8, 4) is 0 Å². The van der Waals surface area contributed by atoms with Crippen molar-refractivity contribution in [2.24, 2.45) is 11.8 Å². The minimum atomic E-state index is -0.643. The maximum Gasteiger partial charge on any atom is 0.329 e. The van der Waals surface area contributed by atoms with Crippen LogP contribution in [-0.2, 0) is 9.59 Å². The van der Waals surface area contributed by atoms with Gasteiger partial charge in [0.15, 0.2) is 0 Å². The summed E-state index contributed by atoms with van der Waals surface area (Å²) in [5, 5.41) is 2.78. The van der Waals surface area contributed by atoms with Crippen LogP contribution in [0.4, 0.5) is 10.5 Å². The van der Waals surface area contributed by atoms with E-state index < -0.39 is 12.1 Å². The monoisotopic (exact) mass is 462 g/mol. The highest BCUT2D eigenvalue weighted by Crippen LogP contribution is 2.45. The lowest BCUT2D eigenvalue weighted by Gasteiger charge is -2.54. The fourth-order valence-electron chi connectivity index (χ4n) is 7.21. The van der Waals surface area contributed by atoms with Gasteiger partial charge >= 0.3 is 6.03 Å². The molecule has 4 aliphatic heterocycles. The van der Waals surface area contributed by atoms with Crippen molar-refractivity contribution in [3.05, 3.63) is 42.0 Å². The Morgan fingerprint density at radius 1 is 1.06 bits per heavy atom. The van der Waals surface area contributed by atoms with E-state index in [2.05, 4.69) is 21.2 Å². The maximum atomic E-state index is 13.4. The number of nitrogens with zero attached hydrogens (tertiary/aromatic N) is 3. The molecule has 4 heterocycles. The molecule has 4 amide bonds. The molecule has 0 spiro atoms. The predicted octanol–water partition coefficient (Wildman–Crippen LogP) is 3.31. The number of piperidine rings is 3. The first-order valence-electron chi connectivity index (χ1n) is 13.0. The van der Waals surface area contributed by atoms with Gasteiger partial charge in [0.2, 0.25) is 5.91 Å². The first kappa shape index (κ1) is 21.8. The summed E-state index contributed by atoms with van der Waals surface area (Å²) in [6.07, 6.45) is 10.4. The quantitative estimate of drug-likeness (QED) is 0.550. The Morgan fingerprint density at radius 2 is 1.91 bits per heavy atom. The molecule has 1 aromatic carbocycles. The van der Waals surface area contributed by atoms with Crippen molar-refractivity contribution in [2.45, 2.75) is 69.5 Å². The number of carbonyl (C=O) groups excluding carboxylic acids is 3. The highest BCUT2D eigenvalue weighted by molar-refractivity contribution is 6.21. The Labute approximate surface area is 201 Å². The van der Waals surface area contributed by atoms with E-state index in [0.717, 1.165) is 25.9 Å². The second kappa shape index (κ2) is 8.84. The van der Waals surface area contributed by atoms with Crippen LogP contribution in [0.1, 0.15) is 51.4 Å². The second-order valence-electron chi connectivity index (χ2n) is 10.6. The molecule has 34 heavy (non-hydrogen) atoms. The zero-order valence-electron chi connectivity index (χ0n) is 19.7. The molecule has 1 aromatic rings. The number of carbonyl (C=O) groups is 3. The van der Waals surface area contributed by atoms with Gasteiger partial charge in [0.1, 0.15) is 6.04 Å². The summed E-state index contributed by atoms with van der Waals surface area (Å²) in [6, 6.07) is 8.83. The topological polar surface area (TPSA) is 73.0 Å². The molecule has 7 heteroatoms. The SMILES string of the molecule is O=C1NC(CCC(=O)N2CCCC3=C[C@H]4C[C@@H](CN5CCCCC45)C32)C(=O)N1c1ccccc1. The Balaban J connectivity index is 1.13. The van der Waals surface area contributed by atoms with Crippen LogP contribution in [0.15, 0.2) is 42.0 Å². The number of nitrogens with one attached hydrogen (secondary N) is 1. The van der Waals surface area contributed by atoms with Gasteiger partial charge in [-0.1, -0.05) is 36.3 Å². The number of amides is 4. The summed E-state index contributed by atoms with van der Waals surface area (Å²) in [4.78, 5) is 44.8. The molecule has 6 rings (SSSR count). The molecule has 7 nitrogen and oxygen atoms in total. The summed E-state index contributed by atoms with van der Waals surface area (Å²) in [6.45, 7) is 3.10. The van der Waals surface area contributed by atoms with Gasteiger partial charge in [0, 0.05) is 25.6 Å². The zero-order chi connectivity index (χ0) is 23.2. The lowest BCUT2D eigenvalue weighted by Crippen LogP contribution is -2.60. The molecular formula is C27H34N4O3. The number of hydrogen-bond donors (Lipinski definition) is 1. The minimum Gasteiger partial charge on any atom is -0.336 e. The fourth-order valence-corrected chi connectivity index (χ4v) is 7.21. The normalized spacial score (nSPS) is 33.2. The third kappa shape index (κ3) is 3.74. The highest BCUT2D eigenvalue weighted by Gasteiger charge is 2.47. The number of para-hydroxylation sites is 1. The highest BCUT2D eigenvalue weighted by atomic mass is 16.2. The summed E-state index contributed by atoms with van der Waals surface area (Å²) in [5.74, 6) is 1.02. The van der Waals surface area contributed by atoms with Crippen LogP contribution in [-0.4, -0.2) is 65.4 Å². The number of benzene rings is 1. The maximum absolute atomic E-state index is 13.4. The standard InChI is InChI=1S/C27H34N4O3/c32-24(12-11-22-26(33)31(27(34)28-22)21-8-2-1-3-9-21)30-14-6-7-18-15-19-16-20(25(18)30)17-29-13-5-4-10-23(19)29/h1-3,8-9,15,19-20,22-23,25H,4-7,10-14,16-17H2,(H,28,34)/t19-,20-,22?,23?,25?/m0/s1. The largest absolute Gasteiger partial charge is 0.336 e.